The number of pyridine rings is 1. The van der Waals surface area contributed by atoms with Crippen molar-refractivity contribution in [2.75, 3.05) is 13.1 Å². The third-order valence-corrected chi connectivity index (χ3v) is 4.35. The topological polar surface area (TPSA) is 53.4 Å². The van der Waals surface area contributed by atoms with Crippen molar-refractivity contribution in [3.8, 4) is 0 Å². The molecule has 1 fully saturated rings. The third-order valence-electron chi connectivity index (χ3n) is 4.35. The monoisotopic (exact) mass is 296 g/mol. The van der Waals surface area contributed by atoms with Crippen molar-refractivity contribution in [2.45, 2.75) is 19.4 Å². The van der Waals surface area contributed by atoms with Crippen LogP contribution in [0.3, 0.4) is 0 Å². The van der Waals surface area contributed by atoms with Gasteiger partial charge < -0.3 is 5.11 Å². The molecule has 2 aromatic rings. The van der Waals surface area contributed by atoms with E-state index in [0.29, 0.717) is 6.54 Å². The van der Waals surface area contributed by atoms with Crippen molar-refractivity contribution in [3.05, 3.63) is 65.5 Å². The predicted octanol–water partition coefficient (Wildman–Crippen LogP) is 2.69. The van der Waals surface area contributed by atoms with Crippen LogP contribution in [-0.2, 0) is 11.3 Å². The molecule has 1 N–H and O–H groups in total. The minimum atomic E-state index is -0.722. The van der Waals surface area contributed by atoms with Gasteiger partial charge in [0, 0.05) is 37.9 Å². The SMILES string of the molecule is Cc1ccc(CN2C[C@H](C(=O)O)[C@@H](c3cccnc3)C2)cc1. The Morgan fingerprint density at radius 2 is 2.05 bits per heavy atom. The third kappa shape index (κ3) is 3.17. The van der Waals surface area contributed by atoms with E-state index < -0.39 is 5.97 Å². The lowest BCUT2D eigenvalue weighted by Gasteiger charge is -2.16. The van der Waals surface area contributed by atoms with Gasteiger partial charge in [-0.1, -0.05) is 35.9 Å². The van der Waals surface area contributed by atoms with Crippen molar-refractivity contribution in [2.24, 2.45) is 5.92 Å². The molecule has 4 heteroatoms. The van der Waals surface area contributed by atoms with E-state index in [1.54, 1.807) is 12.4 Å². The highest BCUT2D eigenvalue weighted by molar-refractivity contribution is 5.72. The van der Waals surface area contributed by atoms with Gasteiger partial charge in [-0.25, -0.2) is 0 Å². The lowest BCUT2D eigenvalue weighted by atomic mass is 9.90. The van der Waals surface area contributed by atoms with Gasteiger partial charge in [0.25, 0.3) is 0 Å². The van der Waals surface area contributed by atoms with Crippen molar-refractivity contribution in [1.82, 2.24) is 9.88 Å². The molecule has 1 aliphatic heterocycles. The molecule has 1 saturated heterocycles. The van der Waals surface area contributed by atoms with Crippen LogP contribution in [0.4, 0.5) is 0 Å². The number of aliphatic carboxylic acids is 1. The highest BCUT2D eigenvalue weighted by Gasteiger charge is 2.38. The molecule has 2 heterocycles. The maximum Gasteiger partial charge on any atom is 0.308 e. The number of aryl methyl sites for hydroxylation is 1. The first-order valence-electron chi connectivity index (χ1n) is 7.54. The van der Waals surface area contributed by atoms with E-state index in [-0.39, 0.29) is 11.8 Å². The summed E-state index contributed by atoms with van der Waals surface area (Å²) in [5.74, 6) is -1.08. The van der Waals surface area contributed by atoms with Crippen LogP contribution in [0.5, 0.6) is 0 Å². The van der Waals surface area contributed by atoms with Gasteiger partial charge in [0.05, 0.1) is 5.92 Å². The summed E-state index contributed by atoms with van der Waals surface area (Å²) in [4.78, 5) is 17.9. The Hall–Kier alpha value is -2.20. The summed E-state index contributed by atoms with van der Waals surface area (Å²) in [6, 6.07) is 12.3. The molecule has 1 aliphatic rings. The van der Waals surface area contributed by atoms with E-state index in [1.807, 2.05) is 12.1 Å². The number of hydrogen-bond acceptors (Lipinski definition) is 3. The summed E-state index contributed by atoms with van der Waals surface area (Å²) >= 11 is 0. The molecule has 0 saturated carbocycles. The van der Waals surface area contributed by atoms with Crippen LogP contribution in [0.2, 0.25) is 0 Å². The summed E-state index contributed by atoms with van der Waals surface area (Å²) in [5, 5.41) is 9.52. The lowest BCUT2D eigenvalue weighted by Crippen LogP contribution is -2.23. The Morgan fingerprint density at radius 3 is 2.68 bits per heavy atom. The lowest BCUT2D eigenvalue weighted by molar-refractivity contribution is -0.141. The molecule has 0 amide bonds. The zero-order chi connectivity index (χ0) is 15.5. The molecular weight excluding hydrogens is 276 g/mol. The minimum Gasteiger partial charge on any atom is -0.481 e. The fourth-order valence-electron chi connectivity index (χ4n) is 3.15. The van der Waals surface area contributed by atoms with E-state index in [1.165, 1.54) is 11.1 Å². The smallest absolute Gasteiger partial charge is 0.308 e. The number of carboxylic acid groups (broad SMARTS) is 1. The van der Waals surface area contributed by atoms with Crippen LogP contribution < -0.4 is 0 Å². The zero-order valence-electron chi connectivity index (χ0n) is 12.6. The second kappa shape index (κ2) is 6.28. The number of nitrogens with zero attached hydrogens (tertiary/aromatic N) is 2. The van der Waals surface area contributed by atoms with Gasteiger partial charge in [0.15, 0.2) is 0 Å². The molecule has 22 heavy (non-hydrogen) atoms. The van der Waals surface area contributed by atoms with Crippen LogP contribution in [-0.4, -0.2) is 34.0 Å². The molecule has 114 valence electrons. The molecule has 1 aromatic carbocycles. The van der Waals surface area contributed by atoms with Crippen LogP contribution in [0.25, 0.3) is 0 Å². The van der Waals surface area contributed by atoms with Crippen molar-refractivity contribution in [3.63, 3.8) is 0 Å². The highest BCUT2D eigenvalue weighted by atomic mass is 16.4. The van der Waals surface area contributed by atoms with Crippen LogP contribution in [0.15, 0.2) is 48.8 Å². The molecule has 1 aromatic heterocycles. The minimum absolute atomic E-state index is 0.0108. The summed E-state index contributed by atoms with van der Waals surface area (Å²) in [6.45, 7) is 4.21. The second-order valence-corrected chi connectivity index (χ2v) is 6.02. The fourth-order valence-corrected chi connectivity index (χ4v) is 3.15. The maximum atomic E-state index is 11.6. The number of benzene rings is 1. The Morgan fingerprint density at radius 1 is 1.27 bits per heavy atom. The summed E-state index contributed by atoms with van der Waals surface area (Å²) in [7, 11) is 0. The Labute approximate surface area is 130 Å². The molecule has 4 nitrogen and oxygen atoms in total. The molecular formula is C18H20N2O2. The number of aromatic nitrogens is 1. The molecule has 0 aliphatic carbocycles. The van der Waals surface area contributed by atoms with Gasteiger partial charge >= 0.3 is 5.97 Å². The number of likely N-dealkylation sites (tertiary alicyclic amines) is 1. The first-order chi connectivity index (χ1) is 10.6. The largest absolute Gasteiger partial charge is 0.481 e. The first-order valence-corrected chi connectivity index (χ1v) is 7.54. The van der Waals surface area contributed by atoms with Gasteiger partial charge in [-0.3, -0.25) is 14.7 Å². The van der Waals surface area contributed by atoms with E-state index >= 15 is 0 Å². The fraction of sp³-hybridized carbons (Fsp3) is 0.333. The summed E-state index contributed by atoms with van der Waals surface area (Å²) in [6.07, 6.45) is 3.51. The van der Waals surface area contributed by atoms with Gasteiger partial charge in [0.1, 0.15) is 0 Å². The average Bonchev–Trinajstić information content (AvgIpc) is 2.95. The number of rotatable bonds is 4. The van der Waals surface area contributed by atoms with Crippen LogP contribution in [0.1, 0.15) is 22.6 Å². The highest BCUT2D eigenvalue weighted by Crippen LogP contribution is 2.33. The normalized spacial score (nSPS) is 21.9. The molecule has 2 atom stereocenters. The average molecular weight is 296 g/mol. The first kappa shape index (κ1) is 14.7. The van der Waals surface area contributed by atoms with E-state index in [4.69, 9.17) is 0 Å². The number of carboxylic acids is 1. The summed E-state index contributed by atoms with van der Waals surface area (Å²) < 4.78 is 0. The van der Waals surface area contributed by atoms with Crippen LogP contribution in [0, 0.1) is 12.8 Å². The molecule has 3 rings (SSSR count). The van der Waals surface area contributed by atoms with E-state index in [9.17, 15) is 9.90 Å². The van der Waals surface area contributed by atoms with Crippen molar-refractivity contribution in [1.29, 1.82) is 0 Å². The quantitative estimate of drug-likeness (QED) is 0.942. The van der Waals surface area contributed by atoms with Crippen LogP contribution >= 0.6 is 0 Å². The van der Waals surface area contributed by atoms with Gasteiger partial charge in [-0.15, -0.1) is 0 Å². The number of hydrogen-bond donors (Lipinski definition) is 1. The van der Waals surface area contributed by atoms with Gasteiger partial charge in [-0.2, -0.15) is 0 Å². The zero-order valence-corrected chi connectivity index (χ0v) is 12.6. The predicted molar refractivity (Wildman–Crippen MR) is 84.6 cm³/mol. The Bertz CT molecular complexity index is 640. The molecule has 0 spiro atoms. The standard InChI is InChI=1S/C18H20N2O2/c1-13-4-6-14(7-5-13)10-20-11-16(17(12-20)18(21)22)15-3-2-8-19-9-15/h2-9,16-17H,10-12H2,1H3,(H,21,22)/t16-,17+/m1/s1. The maximum absolute atomic E-state index is 11.6. The van der Waals surface area contributed by atoms with Gasteiger partial charge in [0.2, 0.25) is 0 Å². The van der Waals surface area contributed by atoms with Crippen molar-refractivity contribution < 1.29 is 9.90 Å². The number of carbonyl (C=O) groups is 1. The Kier molecular flexibility index (Phi) is 4.20. The molecule has 0 bridgehead atoms. The summed E-state index contributed by atoms with van der Waals surface area (Å²) in [5.41, 5.74) is 3.48. The van der Waals surface area contributed by atoms with E-state index in [0.717, 1.165) is 18.7 Å². The Balaban J connectivity index is 1.76. The van der Waals surface area contributed by atoms with E-state index in [2.05, 4.69) is 41.1 Å². The van der Waals surface area contributed by atoms with Gasteiger partial charge in [-0.05, 0) is 24.1 Å². The second-order valence-electron chi connectivity index (χ2n) is 6.02. The molecule has 0 radical (unpaired) electrons. The van der Waals surface area contributed by atoms with Crippen molar-refractivity contribution >= 4 is 5.97 Å². The molecule has 0 unspecified atom stereocenters.